The van der Waals surface area contributed by atoms with E-state index in [0.29, 0.717) is 45.1 Å². The zero-order chi connectivity index (χ0) is 27.8. The highest BCUT2D eigenvalue weighted by Gasteiger charge is 2.24. The van der Waals surface area contributed by atoms with Gasteiger partial charge in [-0.25, -0.2) is 15.0 Å². The lowest BCUT2D eigenvalue weighted by Gasteiger charge is -2.19. The second kappa shape index (κ2) is 9.96. The number of hydrogen-bond donors (Lipinski definition) is 1. The van der Waals surface area contributed by atoms with Crippen molar-refractivity contribution in [2.45, 2.75) is 19.9 Å². The molecular weight excluding hydrogens is 504 g/mol. The Bertz CT molecular complexity index is 2030. The van der Waals surface area contributed by atoms with E-state index in [9.17, 15) is 9.59 Å². The molecule has 0 aliphatic heterocycles. The topological polar surface area (TPSA) is 111 Å². The highest BCUT2D eigenvalue weighted by atomic mass is 16.2. The van der Waals surface area contributed by atoms with Gasteiger partial charge < -0.3 is 5.32 Å². The lowest BCUT2D eigenvalue weighted by molar-refractivity contribution is 0.0939. The first kappa shape index (κ1) is 24.8. The second-order valence-corrected chi connectivity index (χ2v) is 9.36. The van der Waals surface area contributed by atoms with Crippen molar-refractivity contribution in [3.8, 4) is 23.0 Å². The van der Waals surface area contributed by atoms with Crippen molar-refractivity contribution < 1.29 is 4.79 Å². The van der Waals surface area contributed by atoms with Gasteiger partial charge >= 0.3 is 0 Å². The van der Waals surface area contributed by atoms with Gasteiger partial charge in [-0.05, 0) is 37.5 Å². The molecule has 5 heterocycles. The maximum absolute atomic E-state index is 14.1. The van der Waals surface area contributed by atoms with Crippen LogP contribution < -0.4 is 10.9 Å². The molecule has 0 spiro atoms. The normalized spacial score (nSPS) is 11.8. The largest absolute Gasteiger partial charge is 0.344 e. The quantitative estimate of drug-likeness (QED) is 0.352. The average Bonchev–Trinajstić information content (AvgIpc) is 3.60. The monoisotopic (exact) mass is 528 g/mol. The van der Waals surface area contributed by atoms with Gasteiger partial charge in [-0.2, -0.15) is 5.10 Å². The van der Waals surface area contributed by atoms with Crippen molar-refractivity contribution in [3.63, 3.8) is 0 Å². The number of hydrogen-bond acceptors (Lipinski definition) is 6. The molecule has 0 aliphatic rings. The van der Waals surface area contributed by atoms with Crippen molar-refractivity contribution in [2.24, 2.45) is 7.05 Å². The summed E-state index contributed by atoms with van der Waals surface area (Å²) < 4.78 is 4.86. The van der Waals surface area contributed by atoms with Crippen LogP contribution in [0.4, 0.5) is 0 Å². The fourth-order valence-corrected chi connectivity index (χ4v) is 4.69. The van der Waals surface area contributed by atoms with Gasteiger partial charge in [0.1, 0.15) is 23.2 Å². The van der Waals surface area contributed by atoms with Crippen LogP contribution in [-0.2, 0) is 7.05 Å². The molecule has 196 valence electrons. The molecule has 5 aromatic heterocycles. The van der Waals surface area contributed by atoms with E-state index in [2.05, 4.69) is 32.2 Å². The standard InChI is InChI=1S/C30H24N8O2/c1-19-25(28-31-14-15-37(28)18-32-19)29(39)34-20(2)27-26(22-8-5-4-6-9-22)30(40)38-23(10-7-11-24(38)35-27)13-12-21-16-33-36(3)17-21/h4-11,14-18,20H,1-3H3,(H,34,39)/t20-/m0/s1. The smallest absolute Gasteiger partial charge is 0.267 e. The van der Waals surface area contributed by atoms with Gasteiger partial charge in [-0.1, -0.05) is 42.3 Å². The Kier molecular flexibility index (Phi) is 6.16. The molecule has 0 radical (unpaired) electrons. The number of carbonyl (C=O) groups excluding carboxylic acids is 1. The number of pyridine rings is 1. The molecule has 0 saturated heterocycles. The van der Waals surface area contributed by atoms with E-state index in [1.54, 1.807) is 65.3 Å². The molecule has 1 atom stereocenters. The minimum Gasteiger partial charge on any atom is -0.344 e. The summed E-state index contributed by atoms with van der Waals surface area (Å²) in [6.45, 7) is 3.57. The molecular formula is C30H24N8O2. The number of aromatic nitrogens is 7. The molecule has 10 heteroatoms. The molecule has 0 fully saturated rings. The van der Waals surface area contributed by atoms with Crippen molar-refractivity contribution in [3.05, 3.63) is 118 Å². The van der Waals surface area contributed by atoms with Crippen LogP contribution in [0.1, 0.15) is 46.0 Å². The molecule has 6 rings (SSSR count). The van der Waals surface area contributed by atoms with Crippen molar-refractivity contribution >= 4 is 17.2 Å². The third-order valence-electron chi connectivity index (χ3n) is 6.59. The summed E-state index contributed by atoms with van der Waals surface area (Å²) in [6, 6.07) is 14.0. The number of carbonyl (C=O) groups is 1. The Hall–Kier alpha value is -5.56. The molecule has 0 aliphatic carbocycles. The molecule has 40 heavy (non-hydrogen) atoms. The summed E-state index contributed by atoms with van der Waals surface area (Å²) in [5.41, 5.74) is 4.31. The van der Waals surface area contributed by atoms with Crippen LogP contribution in [0, 0.1) is 18.8 Å². The lowest BCUT2D eigenvalue weighted by Crippen LogP contribution is -2.31. The fourth-order valence-electron chi connectivity index (χ4n) is 4.69. The number of nitrogens with zero attached hydrogens (tertiary/aromatic N) is 7. The van der Waals surface area contributed by atoms with Crippen LogP contribution in [0.2, 0.25) is 0 Å². The molecule has 1 amide bonds. The minimum absolute atomic E-state index is 0.281. The van der Waals surface area contributed by atoms with E-state index < -0.39 is 6.04 Å². The van der Waals surface area contributed by atoms with Gasteiger partial charge in [0.25, 0.3) is 11.5 Å². The number of fused-ring (bicyclic) bond motifs is 2. The van der Waals surface area contributed by atoms with E-state index in [4.69, 9.17) is 4.98 Å². The summed E-state index contributed by atoms with van der Waals surface area (Å²) in [6.07, 6.45) is 8.43. The van der Waals surface area contributed by atoms with Gasteiger partial charge in [0, 0.05) is 25.6 Å². The molecule has 10 nitrogen and oxygen atoms in total. The van der Waals surface area contributed by atoms with Gasteiger partial charge in [0.15, 0.2) is 5.65 Å². The first-order chi connectivity index (χ1) is 19.4. The Balaban J connectivity index is 1.48. The van der Waals surface area contributed by atoms with Gasteiger partial charge in [0.05, 0.1) is 34.8 Å². The van der Waals surface area contributed by atoms with E-state index in [1.807, 2.05) is 44.3 Å². The zero-order valence-electron chi connectivity index (χ0n) is 22.0. The highest BCUT2D eigenvalue weighted by Crippen LogP contribution is 2.25. The number of nitrogens with one attached hydrogen (secondary N) is 1. The van der Waals surface area contributed by atoms with Crippen molar-refractivity contribution in [1.82, 2.24) is 38.9 Å². The third-order valence-corrected chi connectivity index (χ3v) is 6.59. The van der Waals surface area contributed by atoms with Crippen LogP contribution in [-0.4, -0.2) is 39.4 Å². The summed E-state index contributed by atoms with van der Waals surface area (Å²) >= 11 is 0. The second-order valence-electron chi connectivity index (χ2n) is 9.36. The molecule has 6 aromatic rings. The van der Waals surface area contributed by atoms with Crippen LogP contribution in [0.5, 0.6) is 0 Å². The van der Waals surface area contributed by atoms with Gasteiger partial charge in [-0.15, -0.1) is 0 Å². The highest BCUT2D eigenvalue weighted by molar-refractivity contribution is 6.01. The molecule has 0 bridgehead atoms. The lowest BCUT2D eigenvalue weighted by atomic mass is 10.0. The number of aryl methyl sites for hydroxylation is 2. The predicted octanol–water partition coefficient (Wildman–Crippen LogP) is 3.34. The molecule has 1 N–H and O–H groups in total. The van der Waals surface area contributed by atoms with Gasteiger partial charge in [0.2, 0.25) is 0 Å². The Morgan fingerprint density at radius 2 is 1.88 bits per heavy atom. The predicted molar refractivity (Wildman–Crippen MR) is 150 cm³/mol. The maximum atomic E-state index is 14.1. The molecule has 1 aromatic carbocycles. The van der Waals surface area contributed by atoms with Gasteiger partial charge in [-0.3, -0.25) is 23.1 Å². The number of rotatable bonds is 4. The molecule has 0 saturated carbocycles. The Morgan fingerprint density at radius 1 is 1.05 bits per heavy atom. The number of benzene rings is 1. The van der Waals surface area contributed by atoms with Crippen LogP contribution in [0.15, 0.2) is 84.4 Å². The first-order valence-corrected chi connectivity index (χ1v) is 12.6. The average molecular weight is 529 g/mol. The number of amides is 1. The summed E-state index contributed by atoms with van der Waals surface area (Å²) in [5, 5.41) is 7.17. The van der Waals surface area contributed by atoms with E-state index in [-0.39, 0.29) is 11.5 Å². The van der Waals surface area contributed by atoms with Crippen molar-refractivity contribution in [2.75, 3.05) is 0 Å². The Labute approximate surface area is 229 Å². The zero-order valence-corrected chi connectivity index (χ0v) is 22.0. The van der Waals surface area contributed by atoms with E-state index in [1.165, 1.54) is 4.40 Å². The SMILES string of the molecule is Cc1ncn2ccnc2c1C(=O)N[C@@H](C)c1nc2cccc(C#Cc3cnn(C)c3)n2c(=O)c1-c1ccccc1. The minimum atomic E-state index is -0.611. The van der Waals surface area contributed by atoms with E-state index >= 15 is 0 Å². The Morgan fingerprint density at radius 3 is 2.65 bits per heavy atom. The maximum Gasteiger partial charge on any atom is 0.267 e. The van der Waals surface area contributed by atoms with E-state index in [0.717, 1.165) is 5.56 Å². The van der Waals surface area contributed by atoms with Crippen LogP contribution in [0.3, 0.4) is 0 Å². The third kappa shape index (κ3) is 4.39. The number of imidazole rings is 1. The summed E-state index contributed by atoms with van der Waals surface area (Å²) in [7, 11) is 1.82. The fraction of sp³-hybridized carbons (Fsp3) is 0.133. The first-order valence-electron chi connectivity index (χ1n) is 12.6. The van der Waals surface area contributed by atoms with Crippen molar-refractivity contribution in [1.29, 1.82) is 0 Å². The van der Waals surface area contributed by atoms with Crippen LogP contribution in [0.25, 0.3) is 22.4 Å². The van der Waals surface area contributed by atoms with Crippen LogP contribution >= 0.6 is 0 Å². The summed E-state index contributed by atoms with van der Waals surface area (Å²) in [5.74, 6) is 5.81. The summed E-state index contributed by atoms with van der Waals surface area (Å²) in [4.78, 5) is 41.2. The molecule has 0 unspecified atom stereocenters.